The summed E-state index contributed by atoms with van der Waals surface area (Å²) in [6, 6.07) is 1.29. The molecule has 0 saturated heterocycles. The summed E-state index contributed by atoms with van der Waals surface area (Å²) in [5.41, 5.74) is 1.53. The van der Waals surface area contributed by atoms with Gasteiger partial charge >= 0.3 is 5.69 Å². The van der Waals surface area contributed by atoms with E-state index in [1.165, 1.54) is 22.4 Å². The number of sulfonamides is 1. The van der Waals surface area contributed by atoms with Crippen molar-refractivity contribution in [2.75, 3.05) is 7.11 Å². The fourth-order valence-corrected chi connectivity index (χ4v) is 4.45. The summed E-state index contributed by atoms with van der Waals surface area (Å²) in [4.78, 5) is 16.6. The molecule has 1 aromatic carbocycles. The van der Waals surface area contributed by atoms with Crippen LogP contribution in [0.15, 0.2) is 34.1 Å². The van der Waals surface area contributed by atoms with Crippen LogP contribution in [0.4, 0.5) is 8.78 Å². The molecule has 4 rings (SSSR count). The number of aromatic nitrogens is 3. The first kappa shape index (κ1) is 21.2. The van der Waals surface area contributed by atoms with Crippen molar-refractivity contribution >= 4 is 26.6 Å². The Bertz CT molecular complexity index is 1380. The summed E-state index contributed by atoms with van der Waals surface area (Å²) in [7, 11) is -1.29. The SMILES string of the molecule is COc1ncc2c(c1C1=CCCC1)n(Cc1c(F)cc(S(N)(=O)=O)cc1F)c(=O)n2C. The number of hydrogen-bond acceptors (Lipinski definition) is 5. The topological polar surface area (TPSA) is 109 Å². The Hall–Kier alpha value is -3.05. The first-order valence-corrected chi connectivity index (χ1v) is 11.0. The van der Waals surface area contributed by atoms with Gasteiger partial charge in [0, 0.05) is 12.6 Å². The molecule has 31 heavy (non-hydrogen) atoms. The van der Waals surface area contributed by atoms with Crippen LogP contribution in [0.3, 0.4) is 0 Å². The lowest BCUT2D eigenvalue weighted by Gasteiger charge is -2.13. The van der Waals surface area contributed by atoms with Gasteiger partial charge in [-0.2, -0.15) is 0 Å². The van der Waals surface area contributed by atoms with Gasteiger partial charge in [0.2, 0.25) is 15.9 Å². The Balaban J connectivity index is 1.97. The summed E-state index contributed by atoms with van der Waals surface area (Å²) < 4.78 is 60.3. The molecule has 0 atom stereocenters. The van der Waals surface area contributed by atoms with Gasteiger partial charge in [0.1, 0.15) is 11.6 Å². The van der Waals surface area contributed by atoms with Crippen LogP contribution in [0, 0.1) is 11.6 Å². The maximum Gasteiger partial charge on any atom is 0.329 e. The van der Waals surface area contributed by atoms with Crippen molar-refractivity contribution in [3.63, 3.8) is 0 Å². The number of pyridine rings is 1. The lowest BCUT2D eigenvalue weighted by Crippen LogP contribution is -2.24. The van der Waals surface area contributed by atoms with E-state index in [9.17, 15) is 22.0 Å². The van der Waals surface area contributed by atoms with Gasteiger partial charge in [-0.1, -0.05) is 6.08 Å². The number of aryl methyl sites for hydroxylation is 1. The van der Waals surface area contributed by atoms with Gasteiger partial charge in [-0.05, 0) is 37.0 Å². The van der Waals surface area contributed by atoms with Crippen molar-refractivity contribution in [2.24, 2.45) is 12.2 Å². The molecular formula is C20H20F2N4O4S. The first-order chi connectivity index (χ1) is 14.6. The normalized spacial score (nSPS) is 14.3. The van der Waals surface area contributed by atoms with Crippen molar-refractivity contribution in [2.45, 2.75) is 30.7 Å². The second kappa shape index (κ2) is 7.57. The highest BCUT2D eigenvalue weighted by atomic mass is 32.2. The Labute approximate surface area is 176 Å². The largest absolute Gasteiger partial charge is 0.480 e. The number of benzene rings is 1. The molecule has 1 aliphatic rings. The average molecular weight is 450 g/mol. The fraction of sp³-hybridized carbons (Fsp3) is 0.300. The molecule has 0 bridgehead atoms. The molecule has 0 amide bonds. The minimum Gasteiger partial charge on any atom is -0.480 e. The molecule has 2 aromatic heterocycles. The van der Waals surface area contributed by atoms with Crippen LogP contribution < -0.4 is 15.6 Å². The molecule has 0 spiro atoms. The molecule has 164 valence electrons. The maximum atomic E-state index is 14.7. The third-order valence-corrected chi connectivity index (χ3v) is 6.35. The zero-order valence-corrected chi connectivity index (χ0v) is 17.7. The van der Waals surface area contributed by atoms with Gasteiger partial charge in [0.25, 0.3) is 0 Å². The second-order valence-electron chi connectivity index (χ2n) is 7.34. The van der Waals surface area contributed by atoms with Gasteiger partial charge in [-0.15, -0.1) is 0 Å². The lowest BCUT2D eigenvalue weighted by molar-refractivity contribution is 0.397. The minimum atomic E-state index is -4.29. The Kier molecular flexibility index (Phi) is 5.18. The van der Waals surface area contributed by atoms with E-state index in [4.69, 9.17) is 9.88 Å². The third kappa shape index (κ3) is 3.53. The number of halogens is 2. The summed E-state index contributed by atoms with van der Waals surface area (Å²) in [5.74, 6) is -1.92. The van der Waals surface area contributed by atoms with E-state index >= 15 is 0 Å². The minimum absolute atomic E-state index is 0.311. The lowest BCUT2D eigenvalue weighted by atomic mass is 10.0. The number of allylic oxidation sites excluding steroid dienone is 2. The van der Waals surface area contributed by atoms with Gasteiger partial charge in [-0.25, -0.2) is 32.1 Å². The number of ether oxygens (including phenoxy) is 1. The Morgan fingerprint density at radius 3 is 2.48 bits per heavy atom. The predicted molar refractivity (Wildman–Crippen MR) is 110 cm³/mol. The van der Waals surface area contributed by atoms with Crippen molar-refractivity contribution in [1.29, 1.82) is 0 Å². The monoisotopic (exact) mass is 450 g/mol. The van der Waals surface area contributed by atoms with Crippen LogP contribution in [0.5, 0.6) is 5.88 Å². The number of methoxy groups -OCH3 is 1. The predicted octanol–water partition coefficient (Wildman–Crippen LogP) is 2.28. The van der Waals surface area contributed by atoms with E-state index in [1.54, 1.807) is 7.05 Å². The molecule has 0 saturated carbocycles. The van der Waals surface area contributed by atoms with Crippen molar-refractivity contribution in [3.8, 4) is 5.88 Å². The van der Waals surface area contributed by atoms with E-state index in [0.29, 0.717) is 34.6 Å². The number of nitrogens with two attached hydrogens (primary N) is 1. The molecule has 8 nitrogen and oxygen atoms in total. The molecule has 2 N–H and O–H groups in total. The van der Waals surface area contributed by atoms with Gasteiger partial charge in [0.15, 0.2) is 0 Å². The zero-order valence-electron chi connectivity index (χ0n) is 16.9. The highest BCUT2D eigenvalue weighted by Gasteiger charge is 2.25. The number of hydrogen-bond donors (Lipinski definition) is 1. The Morgan fingerprint density at radius 1 is 1.26 bits per heavy atom. The summed E-state index contributed by atoms with van der Waals surface area (Å²) >= 11 is 0. The number of primary sulfonamides is 1. The van der Waals surface area contributed by atoms with Crippen molar-refractivity contribution in [3.05, 3.63) is 57.7 Å². The van der Waals surface area contributed by atoms with Crippen LogP contribution in [-0.4, -0.2) is 29.6 Å². The smallest absolute Gasteiger partial charge is 0.329 e. The molecule has 3 aromatic rings. The standard InChI is InChI=1S/C20H20F2N4O4S/c1-25-16-9-24-19(30-2)17(11-5-3-4-6-11)18(16)26(20(25)27)10-13-14(21)7-12(8-15(13)22)31(23,28)29/h5,7-9H,3-4,6,10H2,1-2H3,(H2,23,28,29). The molecule has 0 radical (unpaired) electrons. The second-order valence-corrected chi connectivity index (χ2v) is 8.90. The van der Waals surface area contributed by atoms with E-state index in [1.807, 2.05) is 6.08 Å². The van der Waals surface area contributed by atoms with E-state index in [-0.39, 0.29) is 0 Å². The molecular weight excluding hydrogens is 430 g/mol. The maximum absolute atomic E-state index is 14.7. The van der Waals surface area contributed by atoms with E-state index in [2.05, 4.69) is 4.98 Å². The summed E-state index contributed by atoms with van der Waals surface area (Å²) in [5, 5.41) is 4.97. The van der Waals surface area contributed by atoms with Gasteiger partial charge in [0.05, 0.1) is 41.3 Å². The van der Waals surface area contributed by atoms with Crippen LogP contribution >= 0.6 is 0 Å². The van der Waals surface area contributed by atoms with Crippen molar-refractivity contribution in [1.82, 2.24) is 14.1 Å². The fourth-order valence-electron chi connectivity index (χ4n) is 3.92. The number of nitrogens with zero attached hydrogens (tertiary/aromatic N) is 3. The first-order valence-electron chi connectivity index (χ1n) is 9.45. The summed E-state index contributed by atoms with van der Waals surface area (Å²) in [6.07, 6.45) is 6.06. The van der Waals surface area contributed by atoms with Crippen LogP contribution in [0.1, 0.15) is 30.4 Å². The molecule has 1 aliphatic carbocycles. The number of imidazole rings is 1. The molecule has 0 unspecified atom stereocenters. The van der Waals surface area contributed by atoms with Crippen molar-refractivity contribution < 1.29 is 21.9 Å². The highest BCUT2D eigenvalue weighted by molar-refractivity contribution is 7.89. The molecule has 2 heterocycles. The molecule has 11 heteroatoms. The zero-order chi connectivity index (χ0) is 22.5. The molecule has 0 fully saturated rings. The molecule has 0 aliphatic heterocycles. The van der Waals surface area contributed by atoms with Crippen LogP contribution in [0.25, 0.3) is 16.6 Å². The number of rotatable bonds is 5. The van der Waals surface area contributed by atoms with E-state index in [0.717, 1.165) is 24.8 Å². The summed E-state index contributed by atoms with van der Waals surface area (Å²) in [6.45, 7) is -0.452. The average Bonchev–Trinajstić information content (AvgIpc) is 3.32. The van der Waals surface area contributed by atoms with Gasteiger partial charge in [-0.3, -0.25) is 9.13 Å². The van der Waals surface area contributed by atoms with Crippen LogP contribution in [0.2, 0.25) is 0 Å². The third-order valence-electron chi connectivity index (χ3n) is 5.46. The Morgan fingerprint density at radius 2 is 1.94 bits per heavy atom. The van der Waals surface area contributed by atoms with Crippen LogP contribution in [-0.2, 0) is 23.6 Å². The quantitative estimate of drug-likeness (QED) is 0.642. The highest BCUT2D eigenvalue weighted by Crippen LogP contribution is 2.37. The number of fused-ring (bicyclic) bond motifs is 1. The van der Waals surface area contributed by atoms with Gasteiger partial charge < -0.3 is 4.74 Å². The van der Waals surface area contributed by atoms with E-state index < -0.39 is 44.4 Å².